The Bertz CT molecular complexity index is 66.0. The van der Waals surface area contributed by atoms with Crippen LogP contribution in [-0.2, 0) is 0 Å². The van der Waals surface area contributed by atoms with E-state index in [0.29, 0.717) is 0 Å². The fourth-order valence-electron chi connectivity index (χ4n) is 0.0797. The van der Waals surface area contributed by atoms with Gasteiger partial charge in [-0.15, -0.1) is 0 Å². The van der Waals surface area contributed by atoms with Gasteiger partial charge in [0, 0.05) is 0 Å². The number of allylic oxidation sites excluding steroid dienone is 1. The predicted octanol–water partition coefficient (Wildman–Crippen LogP) is 2.14. The molecule has 3 heteroatoms. The molecular weight excluding hydrogens is 182 g/mol. The van der Waals surface area contributed by atoms with Crippen molar-refractivity contribution < 1.29 is 1.37 Å². The summed E-state index contributed by atoms with van der Waals surface area (Å²) in [6.07, 6.45) is 1.46. The van der Waals surface area contributed by atoms with Crippen LogP contribution in [0.2, 0.25) is 5.18 Å². The molecule has 0 aliphatic heterocycles. The van der Waals surface area contributed by atoms with E-state index in [1.54, 1.807) is 0 Å². The van der Waals surface area contributed by atoms with Crippen LogP contribution in [0.1, 0.15) is 1.37 Å². The van der Waals surface area contributed by atoms with E-state index >= 15 is 0 Å². The zero-order chi connectivity index (χ0) is 5.86. The molecule has 0 saturated heterocycles. The van der Waals surface area contributed by atoms with E-state index < -0.39 is 18.0 Å². The normalized spacial score (nSPS) is 16.8. The molecule has 0 nitrogen and oxygen atoms in total. The first-order valence-corrected chi connectivity index (χ1v) is 7.35. The van der Waals surface area contributed by atoms with Gasteiger partial charge in [0.15, 0.2) is 0 Å². The van der Waals surface area contributed by atoms with Gasteiger partial charge in [-0.25, -0.2) is 0 Å². The Kier molecular flexibility index (Phi) is 3.39. The summed E-state index contributed by atoms with van der Waals surface area (Å²) in [5, 5.41) is -0.407. The zero-order valence-corrected chi connectivity index (χ0v) is 6.45. The van der Waals surface area contributed by atoms with Crippen LogP contribution in [0.25, 0.3) is 0 Å². The SMILES string of the molecule is [2H]C(C=C)[As](Cl)Cl. The van der Waals surface area contributed by atoms with Crippen LogP contribution < -0.4 is 0 Å². The Balaban J connectivity index is 3.33. The van der Waals surface area contributed by atoms with Crippen LogP contribution in [0.5, 0.6) is 0 Å². The minimum absolute atomic E-state index is 0.407. The molecule has 0 aromatic carbocycles. The van der Waals surface area contributed by atoms with Crippen molar-refractivity contribution in [3.63, 3.8) is 0 Å². The van der Waals surface area contributed by atoms with Gasteiger partial charge in [0.05, 0.1) is 0 Å². The maximum absolute atomic E-state index is 6.96. The second-order valence-electron chi connectivity index (χ2n) is 0.644. The summed E-state index contributed by atoms with van der Waals surface area (Å²) in [6, 6.07) is 0. The Hall–Kier alpha value is 0.878. The van der Waals surface area contributed by atoms with Crippen molar-refractivity contribution in [2.24, 2.45) is 0 Å². The van der Waals surface area contributed by atoms with Gasteiger partial charge in [0.2, 0.25) is 0 Å². The number of halogens is 2. The molecule has 0 rings (SSSR count). The summed E-state index contributed by atoms with van der Waals surface area (Å²) < 4.78 is 6.96. The molecule has 0 aromatic heterocycles. The molecule has 0 N–H and O–H groups in total. The second-order valence-corrected chi connectivity index (χ2v) is 7.04. The molecule has 36 valence electrons. The molecule has 0 amide bonds. The summed E-state index contributed by atoms with van der Waals surface area (Å²) in [6.45, 7) is 3.36. The third-order valence-corrected chi connectivity index (χ3v) is 2.30. The molecule has 1 atom stereocenters. The van der Waals surface area contributed by atoms with Crippen LogP contribution >= 0.6 is 19.9 Å². The number of rotatable bonds is 2. The van der Waals surface area contributed by atoms with E-state index in [4.69, 9.17) is 21.3 Å². The molecule has 0 aliphatic rings. The van der Waals surface area contributed by atoms with E-state index in [0.717, 1.165) is 0 Å². The fourth-order valence-corrected chi connectivity index (χ4v) is 1.24. The molecule has 0 saturated carbocycles. The second kappa shape index (κ2) is 4.05. The van der Waals surface area contributed by atoms with Gasteiger partial charge < -0.3 is 0 Å². The molecule has 0 aliphatic carbocycles. The summed E-state index contributed by atoms with van der Waals surface area (Å²) in [5.74, 6) is 0. The molecule has 0 aromatic rings. The zero-order valence-electron chi connectivity index (χ0n) is 4.06. The Morgan fingerprint density at radius 1 is 2.00 bits per heavy atom. The van der Waals surface area contributed by atoms with Crippen molar-refractivity contribution in [1.82, 2.24) is 0 Å². The monoisotopic (exact) mass is 187 g/mol. The molecule has 0 fully saturated rings. The summed E-state index contributed by atoms with van der Waals surface area (Å²) in [4.78, 5) is 0. The molecule has 0 bridgehead atoms. The van der Waals surface area contributed by atoms with Crippen molar-refractivity contribution >= 4 is 32.7 Å². The molecule has 0 spiro atoms. The molecule has 6 heavy (non-hydrogen) atoms. The molecule has 0 heterocycles. The third kappa shape index (κ3) is 4.88. The van der Waals surface area contributed by atoms with Gasteiger partial charge in [-0.05, 0) is 0 Å². The maximum atomic E-state index is 6.96. The molecular formula is C3H5AsCl2. The minimum atomic E-state index is -1.83. The summed E-state index contributed by atoms with van der Waals surface area (Å²) in [5.41, 5.74) is 0. The summed E-state index contributed by atoms with van der Waals surface area (Å²) in [7, 11) is 10.8. The van der Waals surface area contributed by atoms with Crippen molar-refractivity contribution in [1.29, 1.82) is 0 Å². The predicted molar refractivity (Wildman–Crippen MR) is 32.5 cm³/mol. The van der Waals surface area contributed by atoms with Gasteiger partial charge in [0.25, 0.3) is 0 Å². The first-order chi connectivity index (χ1) is 3.18. The van der Waals surface area contributed by atoms with Gasteiger partial charge in [-0.1, -0.05) is 0 Å². The Morgan fingerprint density at radius 2 is 2.50 bits per heavy atom. The fraction of sp³-hybridized carbons (Fsp3) is 0.333. The van der Waals surface area contributed by atoms with Gasteiger partial charge in [-0.3, -0.25) is 0 Å². The van der Waals surface area contributed by atoms with E-state index in [-0.39, 0.29) is 0 Å². The Morgan fingerprint density at radius 3 is 2.50 bits per heavy atom. The van der Waals surface area contributed by atoms with Crippen molar-refractivity contribution in [2.75, 3.05) is 0 Å². The van der Waals surface area contributed by atoms with E-state index in [1.165, 1.54) is 6.08 Å². The standard InChI is InChI=1S/C3H5AsCl2/c1-2-3-4(5)6/h2H,1,3H2/i3D. The van der Waals surface area contributed by atoms with Crippen molar-refractivity contribution in [3.05, 3.63) is 12.7 Å². The average Bonchev–Trinajstić information content (AvgIpc) is 1.65. The Labute approximate surface area is 52.1 Å². The van der Waals surface area contributed by atoms with Crippen LogP contribution in [-0.4, -0.2) is 12.8 Å². The van der Waals surface area contributed by atoms with Crippen LogP contribution in [0, 0.1) is 0 Å². The van der Waals surface area contributed by atoms with E-state index in [9.17, 15) is 0 Å². The van der Waals surface area contributed by atoms with Crippen molar-refractivity contribution in [2.45, 2.75) is 5.18 Å². The van der Waals surface area contributed by atoms with Crippen LogP contribution in [0.15, 0.2) is 12.7 Å². The molecule has 0 radical (unpaired) electrons. The number of hydrogen-bond acceptors (Lipinski definition) is 0. The first kappa shape index (κ1) is 5.02. The van der Waals surface area contributed by atoms with Gasteiger partial charge in [-0.2, -0.15) is 0 Å². The third-order valence-electron chi connectivity index (χ3n) is 0.218. The summed E-state index contributed by atoms with van der Waals surface area (Å²) >= 11 is -1.83. The van der Waals surface area contributed by atoms with E-state index in [1.807, 2.05) is 0 Å². The van der Waals surface area contributed by atoms with E-state index in [2.05, 4.69) is 6.58 Å². The molecule has 1 unspecified atom stereocenters. The van der Waals surface area contributed by atoms with Gasteiger partial charge in [0.1, 0.15) is 0 Å². The average molecular weight is 188 g/mol. The van der Waals surface area contributed by atoms with Gasteiger partial charge >= 0.3 is 51.9 Å². The number of hydrogen-bond donors (Lipinski definition) is 0. The topological polar surface area (TPSA) is 0 Å². The van der Waals surface area contributed by atoms with Crippen LogP contribution in [0.4, 0.5) is 0 Å². The quantitative estimate of drug-likeness (QED) is 0.459. The first-order valence-electron chi connectivity index (χ1n) is 1.92. The van der Waals surface area contributed by atoms with Crippen molar-refractivity contribution in [3.8, 4) is 0 Å². The van der Waals surface area contributed by atoms with Crippen LogP contribution in [0.3, 0.4) is 0 Å².